The van der Waals surface area contributed by atoms with Crippen LogP contribution in [-0.4, -0.2) is 55.5 Å². The van der Waals surface area contributed by atoms with E-state index >= 15 is 0 Å². The molecule has 0 spiro atoms. The third-order valence-electron chi connectivity index (χ3n) is 4.78. The van der Waals surface area contributed by atoms with Crippen LogP contribution < -0.4 is 10.2 Å². The monoisotopic (exact) mass is 383 g/mol. The third-order valence-corrected chi connectivity index (χ3v) is 4.78. The number of halogens is 1. The van der Waals surface area contributed by atoms with Crippen LogP contribution in [0.1, 0.15) is 20.7 Å². The zero-order chi connectivity index (χ0) is 19.7. The Kier molecular flexibility index (Phi) is 4.79. The van der Waals surface area contributed by atoms with Crippen LogP contribution in [0.4, 0.5) is 15.8 Å². The number of rotatable bonds is 4. The third kappa shape index (κ3) is 3.22. The molecule has 0 saturated carbocycles. The summed E-state index contributed by atoms with van der Waals surface area (Å²) in [7, 11) is 0. The molecule has 8 heteroatoms. The molecule has 7 nitrogen and oxygen atoms in total. The predicted octanol–water partition coefficient (Wildman–Crippen LogP) is 1.90. The number of amides is 3. The molecule has 3 amide bonds. The summed E-state index contributed by atoms with van der Waals surface area (Å²) in [6.07, 6.45) is 0. The van der Waals surface area contributed by atoms with E-state index in [4.69, 9.17) is 4.74 Å². The van der Waals surface area contributed by atoms with Gasteiger partial charge in [0.25, 0.3) is 11.8 Å². The number of hydrogen-bond acceptors (Lipinski definition) is 5. The topological polar surface area (TPSA) is 79.0 Å². The number of carbonyl (C=O) groups excluding carboxylic acids is 3. The first-order chi connectivity index (χ1) is 13.6. The highest BCUT2D eigenvalue weighted by atomic mass is 19.1. The number of ether oxygens (including phenoxy) is 1. The van der Waals surface area contributed by atoms with Crippen molar-refractivity contribution in [2.45, 2.75) is 0 Å². The number of imide groups is 1. The number of carbonyl (C=O) groups is 3. The fourth-order valence-corrected chi connectivity index (χ4v) is 3.43. The minimum absolute atomic E-state index is 0.0217. The van der Waals surface area contributed by atoms with E-state index in [1.165, 1.54) is 12.1 Å². The molecule has 2 aliphatic heterocycles. The summed E-state index contributed by atoms with van der Waals surface area (Å²) >= 11 is 0. The number of hydrogen-bond donors (Lipinski definition) is 1. The second kappa shape index (κ2) is 7.40. The van der Waals surface area contributed by atoms with Crippen molar-refractivity contribution in [3.05, 3.63) is 59.4 Å². The van der Waals surface area contributed by atoms with E-state index < -0.39 is 30.1 Å². The van der Waals surface area contributed by atoms with Crippen molar-refractivity contribution < 1.29 is 23.5 Å². The van der Waals surface area contributed by atoms with E-state index in [2.05, 4.69) is 10.2 Å². The molecule has 1 saturated heterocycles. The van der Waals surface area contributed by atoms with Crippen LogP contribution >= 0.6 is 0 Å². The van der Waals surface area contributed by atoms with E-state index in [9.17, 15) is 18.8 Å². The molecule has 2 aromatic rings. The average Bonchev–Trinajstić information content (AvgIpc) is 2.95. The Morgan fingerprint density at radius 2 is 1.79 bits per heavy atom. The summed E-state index contributed by atoms with van der Waals surface area (Å²) < 4.78 is 19.3. The van der Waals surface area contributed by atoms with Crippen molar-refractivity contribution >= 4 is 29.1 Å². The van der Waals surface area contributed by atoms with Gasteiger partial charge in [-0.25, -0.2) is 4.39 Å². The molecule has 28 heavy (non-hydrogen) atoms. The largest absolute Gasteiger partial charge is 0.378 e. The van der Waals surface area contributed by atoms with Crippen LogP contribution in [0, 0.1) is 5.82 Å². The SMILES string of the molecule is O=C(CN1C(=O)c2cccc(F)c2C1=O)Nc1ccccc1N1CCOCC1. The first-order valence-electron chi connectivity index (χ1n) is 8.92. The molecule has 4 rings (SSSR count). The maximum Gasteiger partial charge on any atom is 0.265 e. The quantitative estimate of drug-likeness (QED) is 0.816. The average molecular weight is 383 g/mol. The lowest BCUT2D eigenvalue weighted by atomic mass is 10.1. The number of benzene rings is 2. The van der Waals surface area contributed by atoms with Crippen molar-refractivity contribution in [1.82, 2.24) is 4.90 Å². The van der Waals surface area contributed by atoms with Crippen LogP contribution in [0.15, 0.2) is 42.5 Å². The molecule has 0 unspecified atom stereocenters. The summed E-state index contributed by atoms with van der Waals surface area (Å²) in [6, 6.07) is 11.2. The van der Waals surface area contributed by atoms with Gasteiger partial charge in [-0.3, -0.25) is 19.3 Å². The van der Waals surface area contributed by atoms with Crippen LogP contribution in [0.3, 0.4) is 0 Å². The molecular weight excluding hydrogens is 365 g/mol. The number of nitrogens with zero attached hydrogens (tertiary/aromatic N) is 2. The summed E-state index contributed by atoms with van der Waals surface area (Å²) in [5.74, 6) is -2.77. The minimum atomic E-state index is -0.797. The minimum Gasteiger partial charge on any atom is -0.378 e. The lowest BCUT2D eigenvalue weighted by Gasteiger charge is -2.30. The number of morpholine rings is 1. The van der Waals surface area contributed by atoms with Crippen molar-refractivity contribution in [2.75, 3.05) is 43.1 Å². The number of anilines is 2. The van der Waals surface area contributed by atoms with E-state index in [1.807, 2.05) is 12.1 Å². The fourth-order valence-electron chi connectivity index (χ4n) is 3.43. The Labute approximate surface area is 160 Å². The Hall–Kier alpha value is -3.26. The summed E-state index contributed by atoms with van der Waals surface area (Å²) in [4.78, 5) is 40.2. The molecule has 0 atom stereocenters. The number of nitrogens with one attached hydrogen (secondary N) is 1. The van der Waals surface area contributed by atoms with Gasteiger partial charge >= 0.3 is 0 Å². The van der Waals surface area contributed by atoms with E-state index in [1.54, 1.807) is 12.1 Å². The second-order valence-electron chi connectivity index (χ2n) is 6.52. The highest BCUT2D eigenvalue weighted by Crippen LogP contribution is 2.28. The first kappa shape index (κ1) is 18.1. The first-order valence-corrected chi connectivity index (χ1v) is 8.92. The molecule has 0 radical (unpaired) electrons. The highest BCUT2D eigenvalue weighted by Gasteiger charge is 2.38. The van der Waals surface area contributed by atoms with Gasteiger partial charge in [-0.15, -0.1) is 0 Å². The number of fused-ring (bicyclic) bond motifs is 1. The summed E-state index contributed by atoms with van der Waals surface area (Å²) in [5, 5.41) is 2.76. The zero-order valence-corrected chi connectivity index (χ0v) is 15.0. The van der Waals surface area contributed by atoms with Gasteiger partial charge < -0.3 is 15.0 Å². The Morgan fingerprint density at radius 3 is 2.54 bits per heavy atom. The van der Waals surface area contributed by atoms with Gasteiger partial charge in [0.2, 0.25) is 5.91 Å². The van der Waals surface area contributed by atoms with Crippen LogP contribution in [-0.2, 0) is 9.53 Å². The van der Waals surface area contributed by atoms with Gasteiger partial charge in [-0.05, 0) is 24.3 Å². The fraction of sp³-hybridized carbons (Fsp3) is 0.250. The Morgan fingerprint density at radius 1 is 1.04 bits per heavy atom. The Balaban J connectivity index is 1.50. The molecule has 2 aliphatic rings. The molecule has 0 bridgehead atoms. The van der Waals surface area contributed by atoms with Crippen molar-refractivity contribution in [3.8, 4) is 0 Å². The van der Waals surface area contributed by atoms with Gasteiger partial charge in [-0.2, -0.15) is 0 Å². The van der Waals surface area contributed by atoms with Crippen LogP contribution in [0.25, 0.3) is 0 Å². The van der Waals surface area contributed by atoms with E-state index in [-0.39, 0.29) is 11.1 Å². The van der Waals surface area contributed by atoms with Crippen LogP contribution in [0.2, 0.25) is 0 Å². The lowest BCUT2D eigenvalue weighted by Crippen LogP contribution is -2.39. The molecule has 1 fully saturated rings. The van der Waals surface area contributed by atoms with Crippen molar-refractivity contribution in [1.29, 1.82) is 0 Å². The summed E-state index contributed by atoms with van der Waals surface area (Å²) in [6.45, 7) is 2.12. The smallest absolute Gasteiger partial charge is 0.265 e. The highest BCUT2D eigenvalue weighted by molar-refractivity contribution is 6.22. The second-order valence-corrected chi connectivity index (χ2v) is 6.52. The molecule has 0 aromatic heterocycles. The van der Waals surface area contributed by atoms with Crippen molar-refractivity contribution in [3.63, 3.8) is 0 Å². The normalized spacial score (nSPS) is 16.3. The van der Waals surface area contributed by atoms with Gasteiger partial charge in [0.1, 0.15) is 12.4 Å². The Bertz CT molecular complexity index is 956. The van der Waals surface area contributed by atoms with Crippen LogP contribution in [0.5, 0.6) is 0 Å². The molecule has 2 aromatic carbocycles. The maximum absolute atomic E-state index is 13.9. The standard InChI is InChI=1S/C20H18FN3O4/c21-14-5-3-4-13-18(14)20(27)24(19(13)26)12-17(25)22-15-6-1-2-7-16(15)23-8-10-28-11-9-23/h1-7H,8-12H2,(H,22,25). The maximum atomic E-state index is 13.9. The molecule has 2 heterocycles. The van der Waals surface area contributed by atoms with E-state index in [0.29, 0.717) is 32.0 Å². The molecule has 144 valence electrons. The summed E-state index contributed by atoms with van der Waals surface area (Å²) in [5.41, 5.74) is 1.12. The van der Waals surface area contributed by atoms with Gasteiger partial charge in [0, 0.05) is 13.1 Å². The van der Waals surface area contributed by atoms with Gasteiger partial charge in [0.15, 0.2) is 0 Å². The molecular formula is C20H18FN3O4. The van der Waals surface area contributed by atoms with E-state index in [0.717, 1.165) is 16.7 Å². The lowest BCUT2D eigenvalue weighted by molar-refractivity contribution is -0.116. The molecule has 1 N–H and O–H groups in total. The molecule has 0 aliphatic carbocycles. The van der Waals surface area contributed by atoms with Gasteiger partial charge in [0.05, 0.1) is 35.7 Å². The zero-order valence-electron chi connectivity index (χ0n) is 15.0. The van der Waals surface area contributed by atoms with Gasteiger partial charge in [-0.1, -0.05) is 18.2 Å². The van der Waals surface area contributed by atoms with Crippen molar-refractivity contribution in [2.24, 2.45) is 0 Å². The number of para-hydroxylation sites is 2. The predicted molar refractivity (Wildman–Crippen MR) is 99.9 cm³/mol.